The van der Waals surface area contributed by atoms with Crippen LogP contribution in [0.1, 0.15) is 5.56 Å². The van der Waals surface area contributed by atoms with E-state index in [4.69, 9.17) is 21.3 Å². The molecular formula is C23H20ClN3O. The summed E-state index contributed by atoms with van der Waals surface area (Å²) in [6.45, 7) is 4.63. The van der Waals surface area contributed by atoms with Gasteiger partial charge in [-0.1, -0.05) is 41.9 Å². The average Bonchev–Trinajstić information content (AvgIpc) is 3.03. The number of halogens is 1. The van der Waals surface area contributed by atoms with E-state index in [1.165, 1.54) is 21.9 Å². The molecule has 2 fully saturated rings. The second-order valence-corrected chi connectivity index (χ2v) is 8.57. The Labute approximate surface area is 168 Å². The lowest BCUT2D eigenvalue weighted by molar-refractivity contribution is -0.127. The Morgan fingerprint density at radius 3 is 2.64 bits per heavy atom. The van der Waals surface area contributed by atoms with E-state index in [0.29, 0.717) is 5.41 Å². The first kappa shape index (κ1) is 16.4. The van der Waals surface area contributed by atoms with Crippen LogP contribution in [0.2, 0.25) is 5.02 Å². The second-order valence-electron chi connectivity index (χ2n) is 8.14. The molecule has 2 aromatic heterocycles. The third-order valence-corrected chi connectivity index (χ3v) is 6.24. The third kappa shape index (κ3) is 2.45. The molecule has 5 heteroatoms. The monoisotopic (exact) mass is 389 g/mol. The summed E-state index contributed by atoms with van der Waals surface area (Å²) in [7, 11) is 0. The third-order valence-electron chi connectivity index (χ3n) is 6.00. The van der Waals surface area contributed by atoms with Gasteiger partial charge in [0.25, 0.3) is 0 Å². The molecule has 0 radical (unpaired) electrons. The minimum Gasteiger partial charge on any atom is -0.380 e. The van der Waals surface area contributed by atoms with Crippen LogP contribution in [0.4, 0.5) is 5.82 Å². The van der Waals surface area contributed by atoms with Crippen molar-refractivity contribution in [1.82, 2.24) is 9.55 Å². The van der Waals surface area contributed by atoms with Crippen molar-refractivity contribution in [2.45, 2.75) is 6.54 Å². The predicted octanol–water partition coefficient (Wildman–Crippen LogP) is 4.73. The molecule has 4 aromatic rings. The summed E-state index contributed by atoms with van der Waals surface area (Å²) in [5, 5.41) is 3.18. The number of rotatable bonds is 3. The molecule has 140 valence electrons. The molecule has 0 saturated carbocycles. The van der Waals surface area contributed by atoms with Gasteiger partial charge < -0.3 is 14.2 Å². The molecule has 2 saturated heterocycles. The Bertz CT molecular complexity index is 1200. The number of hydrogen-bond acceptors (Lipinski definition) is 3. The van der Waals surface area contributed by atoms with Crippen molar-refractivity contribution in [1.29, 1.82) is 0 Å². The van der Waals surface area contributed by atoms with Crippen molar-refractivity contribution < 1.29 is 4.74 Å². The van der Waals surface area contributed by atoms with Gasteiger partial charge in [0, 0.05) is 41.6 Å². The van der Waals surface area contributed by atoms with Crippen LogP contribution < -0.4 is 4.90 Å². The zero-order valence-corrected chi connectivity index (χ0v) is 16.2. The Morgan fingerprint density at radius 2 is 1.86 bits per heavy atom. The van der Waals surface area contributed by atoms with E-state index >= 15 is 0 Å². The number of pyridine rings is 1. The van der Waals surface area contributed by atoms with Crippen molar-refractivity contribution >= 4 is 39.2 Å². The van der Waals surface area contributed by atoms with E-state index in [0.717, 1.165) is 49.2 Å². The lowest BCUT2D eigenvalue weighted by Gasteiger charge is -2.55. The SMILES string of the molecule is Clc1cccc(Cn2ccc3c(N4CC5(COC5)C4)nc4ccccc4c32)c1. The fourth-order valence-electron chi connectivity index (χ4n) is 4.59. The second kappa shape index (κ2) is 5.97. The zero-order chi connectivity index (χ0) is 18.7. The molecule has 1 spiro atoms. The first-order chi connectivity index (χ1) is 13.7. The predicted molar refractivity (Wildman–Crippen MR) is 113 cm³/mol. The molecule has 6 rings (SSSR count). The fraction of sp³-hybridized carbons (Fsp3) is 0.261. The van der Waals surface area contributed by atoms with Gasteiger partial charge in [-0.3, -0.25) is 0 Å². The summed E-state index contributed by atoms with van der Waals surface area (Å²) in [6, 6.07) is 18.7. The van der Waals surface area contributed by atoms with Crippen LogP contribution in [0.25, 0.3) is 21.8 Å². The maximum atomic E-state index is 6.20. The standard InChI is InChI=1S/C23H20ClN3O/c24-17-5-3-4-16(10-17)11-26-9-8-19-21(26)18-6-1-2-7-20(18)25-22(19)27-12-23(13-27)14-28-15-23/h1-10H,11-15H2. The highest BCUT2D eigenvalue weighted by molar-refractivity contribution is 6.30. The summed E-state index contributed by atoms with van der Waals surface area (Å²) < 4.78 is 7.76. The van der Waals surface area contributed by atoms with Crippen molar-refractivity contribution in [3.05, 3.63) is 71.4 Å². The molecule has 0 unspecified atom stereocenters. The van der Waals surface area contributed by atoms with Crippen molar-refractivity contribution in [2.75, 3.05) is 31.2 Å². The van der Waals surface area contributed by atoms with Gasteiger partial charge in [-0.15, -0.1) is 0 Å². The lowest BCUT2D eigenvalue weighted by Crippen LogP contribution is -2.66. The molecule has 0 N–H and O–H groups in total. The van der Waals surface area contributed by atoms with E-state index < -0.39 is 0 Å². The molecule has 4 nitrogen and oxygen atoms in total. The van der Waals surface area contributed by atoms with Crippen LogP contribution in [0.5, 0.6) is 0 Å². The van der Waals surface area contributed by atoms with Gasteiger partial charge in [0.05, 0.1) is 29.7 Å². The van der Waals surface area contributed by atoms with Crippen LogP contribution in [0, 0.1) is 5.41 Å². The van der Waals surface area contributed by atoms with Crippen LogP contribution in [0.15, 0.2) is 60.8 Å². The van der Waals surface area contributed by atoms with E-state index in [-0.39, 0.29) is 0 Å². The van der Waals surface area contributed by atoms with E-state index in [9.17, 15) is 0 Å². The van der Waals surface area contributed by atoms with Crippen LogP contribution in [-0.4, -0.2) is 35.9 Å². The normalized spacial score (nSPS) is 17.8. The number of aromatic nitrogens is 2. The van der Waals surface area contributed by atoms with Crippen LogP contribution >= 0.6 is 11.6 Å². The van der Waals surface area contributed by atoms with Gasteiger partial charge in [-0.25, -0.2) is 4.98 Å². The van der Waals surface area contributed by atoms with Gasteiger partial charge >= 0.3 is 0 Å². The van der Waals surface area contributed by atoms with Gasteiger partial charge in [0.2, 0.25) is 0 Å². The number of ether oxygens (including phenoxy) is 1. The maximum Gasteiger partial charge on any atom is 0.138 e. The quantitative estimate of drug-likeness (QED) is 0.507. The van der Waals surface area contributed by atoms with Crippen molar-refractivity contribution in [3.63, 3.8) is 0 Å². The molecule has 2 aliphatic rings. The summed E-state index contributed by atoms with van der Waals surface area (Å²) in [4.78, 5) is 7.44. The lowest BCUT2D eigenvalue weighted by atomic mass is 9.78. The Hall–Kier alpha value is -2.56. The van der Waals surface area contributed by atoms with Crippen molar-refractivity contribution in [2.24, 2.45) is 5.41 Å². The molecule has 0 atom stereocenters. The van der Waals surface area contributed by atoms with E-state index in [1.807, 2.05) is 18.2 Å². The number of anilines is 1. The smallest absolute Gasteiger partial charge is 0.138 e. The molecule has 2 aromatic carbocycles. The number of hydrogen-bond donors (Lipinski definition) is 0. The summed E-state index contributed by atoms with van der Waals surface area (Å²) in [5.41, 5.74) is 3.85. The van der Waals surface area contributed by atoms with Gasteiger partial charge in [-0.05, 0) is 29.8 Å². The minimum atomic E-state index is 0.364. The molecule has 28 heavy (non-hydrogen) atoms. The molecule has 4 heterocycles. The Morgan fingerprint density at radius 1 is 1.00 bits per heavy atom. The molecule has 0 bridgehead atoms. The highest BCUT2D eigenvalue weighted by Crippen LogP contribution is 2.43. The topological polar surface area (TPSA) is 30.3 Å². The molecular weight excluding hydrogens is 370 g/mol. The Kier molecular flexibility index (Phi) is 3.49. The number of benzene rings is 2. The summed E-state index contributed by atoms with van der Waals surface area (Å²) in [5.74, 6) is 1.09. The highest BCUT2D eigenvalue weighted by Gasteiger charge is 2.49. The first-order valence-corrected chi connectivity index (χ1v) is 10.0. The summed E-state index contributed by atoms with van der Waals surface area (Å²) in [6.07, 6.45) is 2.17. The van der Waals surface area contributed by atoms with E-state index in [2.05, 4.69) is 52.1 Å². The first-order valence-electron chi connectivity index (χ1n) is 9.66. The number of fused-ring (bicyclic) bond motifs is 3. The van der Waals surface area contributed by atoms with Gasteiger partial charge in [0.15, 0.2) is 0 Å². The van der Waals surface area contributed by atoms with Crippen LogP contribution in [-0.2, 0) is 11.3 Å². The maximum absolute atomic E-state index is 6.20. The molecule has 0 amide bonds. The minimum absolute atomic E-state index is 0.364. The molecule has 2 aliphatic heterocycles. The zero-order valence-electron chi connectivity index (χ0n) is 15.4. The van der Waals surface area contributed by atoms with E-state index in [1.54, 1.807) is 0 Å². The highest BCUT2D eigenvalue weighted by atomic mass is 35.5. The number of nitrogens with zero attached hydrogens (tertiary/aromatic N) is 3. The Balaban J connectivity index is 1.49. The molecule has 0 aliphatic carbocycles. The van der Waals surface area contributed by atoms with Gasteiger partial charge in [-0.2, -0.15) is 0 Å². The average molecular weight is 390 g/mol. The van der Waals surface area contributed by atoms with Gasteiger partial charge in [0.1, 0.15) is 5.82 Å². The largest absolute Gasteiger partial charge is 0.380 e. The fourth-order valence-corrected chi connectivity index (χ4v) is 4.80. The summed E-state index contributed by atoms with van der Waals surface area (Å²) >= 11 is 6.20. The van der Waals surface area contributed by atoms with Crippen molar-refractivity contribution in [3.8, 4) is 0 Å². The number of para-hydroxylation sites is 1. The van der Waals surface area contributed by atoms with Crippen LogP contribution in [0.3, 0.4) is 0 Å².